The van der Waals surface area contributed by atoms with Crippen molar-refractivity contribution in [2.45, 2.75) is 0 Å². The second-order valence-corrected chi connectivity index (χ2v) is 5.82. The Morgan fingerprint density at radius 2 is 1.46 bits per heavy atom. The van der Waals surface area contributed by atoms with Gasteiger partial charge in [0, 0.05) is 23.0 Å². The van der Waals surface area contributed by atoms with Crippen LogP contribution in [0.1, 0.15) is 10.4 Å². The summed E-state index contributed by atoms with van der Waals surface area (Å²) >= 11 is 0. The number of benzene rings is 3. The van der Waals surface area contributed by atoms with Crippen molar-refractivity contribution in [3.05, 3.63) is 84.2 Å². The number of ether oxygens (including phenoxy) is 1. The van der Waals surface area contributed by atoms with Gasteiger partial charge in [-0.25, -0.2) is 9.18 Å². The van der Waals surface area contributed by atoms with Crippen molar-refractivity contribution in [2.24, 2.45) is 0 Å². The van der Waals surface area contributed by atoms with Crippen LogP contribution < -0.4 is 20.7 Å². The van der Waals surface area contributed by atoms with Gasteiger partial charge >= 0.3 is 6.03 Å². The van der Waals surface area contributed by atoms with Gasteiger partial charge < -0.3 is 20.7 Å². The molecule has 0 unspecified atom stereocenters. The van der Waals surface area contributed by atoms with E-state index in [0.717, 1.165) is 0 Å². The van der Waals surface area contributed by atoms with E-state index in [9.17, 15) is 14.0 Å². The first kappa shape index (κ1) is 18.9. The summed E-state index contributed by atoms with van der Waals surface area (Å²) in [6.45, 7) is 0. The quantitative estimate of drug-likeness (QED) is 0.600. The molecule has 0 aliphatic heterocycles. The predicted molar refractivity (Wildman–Crippen MR) is 106 cm³/mol. The van der Waals surface area contributed by atoms with Gasteiger partial charge in [-0.2, -0.15) is 0 Å². The largest absolute Gasteiger partial charge is 0.494 e. The molecule has 7 heteroatoms. The molecule has 3 aromatic rings. The summed E-state index contributed by atoms with van der Waals surface area (Å²) in [5.74, 6) is -0.617. The summed E-state index contributed by atoms with van der Waals surface area (Å²) in [5, 5.41) is 8.06. The highest BCUT2D eigenvalue weighted by Crippen LogP contribution is 2.25. The normalized spacial score (nSPS) is 10.1. The highest BCUT2D eigenvalue weighted by molar-refractivity contribution is 6.05. The SMILES string of the molecule is COc1cc(F)ccc1NC(=O)c1ccc(NC(=O)Nc2ccccc2)cc1. The van der Waals surface area contributed by atoms with E-state index >= 15 is 0 Å². The van der Waals surface area contributed by atoms with Gasteiger partial charge in [-0.05, 0) is 48.5 Å². The molecular weight excluding hydrogens is 361 g/mol. The lowest BCUT2D eigenvalue weighted by molar-refractivity contribution is 0.102. The summed E-state index contributed by atoms with van der Waals surface area (Å²) in [4.78, 5) is 24.4. The number of methoxy groups -OCH3 is 1. The number of urea groups is 1. The van der Waals surface area contributed by atoms with Crippen LogP contribution >= 0.6 is 0 Å². The molecule has 0 fully saturated rings. The standard InChI is InChI=1S/C21H18FN3O3/c1-28-19-13-15(22)9-12-18(19)25-20(26)14-7-10-17(11-8-14)24-21(27)23-16-5-3-2-4-6-16/h2-13H,1H3,(H,25,26)(H2,23,24,27). The molecule has 0 heterocycles. The minimum absolute atomic E-state index is 0.226. The number of amides is 3. The van der Waals surface area contributed by atoms with E-state index in [0.29, 0.717) is 22.6 Å². The Balaban J connectivity index is 1.62. The molecule has 0 atom stereocenters. The maximum absolute atomic E-state index is 13.2. The van der Waals surface area contributed by atoms with E-state index < -0.39 is 5.82 Å². The summed E-state index contributed by atoms with van der Waals surface area (Å²) in [7, 11) is 1.39. The summed E-state index contributed by atoms with van der Waals surface area (Å²) in [6, 6.07) is 18.9. The molecule has 3 amide bonds. The van der Waals surface area contributed by atoms with Crippen molar-refractivity contribution < 1.29 is 18.7 Å². The first-order valence-corrected chi connectivity index (χ1v) is 8.43. The highest BCUT2D eigenvalue weighted by Gasteiger charge is 2.11. The van der Waals surface area contributed by atoms with Gasteiger partial charge in [0.2, 0.25) is 0 Å². The Morgan fingerprint density at radius 1 is 0.821 bits per heavy atom. The average molecular weight is 379 g/mol. The molecule has 3 rings (SSSR count). The lowest BCUT2D eigenvalue weighted by atomic mass is 10.2. The van der Waals surface area contributed by atoms with E-state index in [1.807, 2.05) is 18.2 Å². The molecule has 0 bridgehead atoms. The van der Waals surface area contributed by atoms with Crippen LogP contribution in [0.3, 0.4) is 0 Å². The minimum atomic E-state index is -0.459. The van der Waals surface area contributed by atoms with E-state index in [1.165, 1.54) is 25.3 Å². The van der Waals surface area contributed by atoms with E-state index in [2.05, 4.69) is 16.0 Å². The number of anilines is 3. The number of hydrogen-bond donors (Lipinski definition) is 3. The number of hydrogen-bond acceptors (Lipinski definition) is 3. The molecule has 0 aromatic heterocycles. The molecule has 142 valence electrons. The number of carbonyl (C=O) groups excluding carboxylic acids is 2. The van der Waals surface area contributed by atoms with E-state index in [-0.39, 0.29) is 17.7 Å². The Hall–Kier alpha value is -3.87. The van der Waals surface area contributed by atoms with Crippen molar-refractivity contribution >= 4 is 29.0 Å². The van der Waals surface area contributed by atoms with Crippen LogP contribution in [0.25, 0.3) is 0 Å². The molecule has 3 aromatic carbocycles. The molecule has 0 saturated heterocycles. The zero-order valence-electron chi connectivity index (χ0n) is 15.0. The van der Waals surface area contributed by atoms with Gasteiger partial charge in [-0.1, -0.05) is 18.2 Å². The van der Waals surface area contributed by atoms with Gasteiger partial charge in [0.15, 0.2) is 0 Å². The van der Waals surface area contributed by atoms with Crippen LogP contribution in [0.15, 0.2) is 72.8 Å². The number of rotatable bonds is 5. The predicted octanol–water partition coefficient (Wildman–Crippen LogP) is 4.73. The van der Waals surface area contributed by atoms with Crippen LogP contribution in [-0.4, -0.2) is 19.0 Å². The number of halogens is 1. The molecule has 6 nitrogen and oxygen atoms in total. The molecule has 0 aliphatic carbocycles. The maximum atomic E-state index is 13.2. The molecule has 3 N–H and O–H groups in total. The second-order valence-electron chi connectivity index (χ2n) is 5.82. The van der Waals surface area contributed by atoms with Gasteiger partial charge in [0.05, 0.1) is 12.8 Å². The van der Waals surface area contributed by atoms with Crippen molar-refractivity contribution in [3.63, 3.8) is 0 Å². The van der Waals surface area contributed by atoms with Crippen LogP contribution in [0.5, 0.6) is 5.75 Å². The third-order valence-electron chi connectivity index (χ3n) is 3.85. The third-order valence-corrected chi connectivity index (χ3v) is 3.85. The Bertz CT molecular complexity index is 976. The molecule has 28 heavy (non-hydrogen) atoms. The van der Waals surface area contributed by atoms with Crippen molar-refractivity contribution in [1.82, 2.24) is 0 Å². The Kier molecular flexibility index (Phi) is 5.86. The number of nitrogens with one attached hydrogen (secondary N) is 3. The van der Waals surface area contributed by atoms with Crippen molar-refractivity contribution in [2.75, 3.05) is 23.1 Å². The fourth-order valence-electron chi connectivity index (χ4n) is 2.48. The smallest absolute Gasteiger partial charge is 0.323 e. The lowest BCUT2D eigenvalue weighted by Gasteiger charge is -2.11. The summed E-state index contributed by atoms with van der Waals surface area (Å²) in [6.07, 6.45) is 0. The minimum Gasteiger partial charge on any atom is -0.494 e. The van der Waals surface area contributed by atoms with Crippen LogP contribution in [-0.2, 0) is 0 Å². The summed E-state index contributed by atoms with van der Waals surface area (Å²) < 4.78 is 18.3. The summed E-state index contributed by atoms with van der Waals surface area (Å²) in [5.41, 5.74) is 1.94. The fourth-order valence-corrected chi connectivity index (χ4v) is 2.48. The molecular formula is C21H18FN3O3. The zero-order valence-corrected chi connectivity index (χ0v) is 15.0. The lowest BCUT2D eigenvalue weighted by Crippen LogP contribution is -2.19. The van der Waals surface area contributed by atoms with Gasteiger partial charge in [0.25, 0.3) is 5.91 Å². The van der Waals surface area contributed by atoms with E-state index in [4.69, 9.17) is 4.74 Å². The number of carbonyl (C=O) groups is 2. The molecule has 0 saturated carbocycles. The van der Waals surface area contributed by atoms with Crippen LogP contribution in [0.2, 0.25) is 0 Å². The highest BCUT2D eigenvalue weighted by atomic mass is 19.1. The van der Waals surface area contributed by atoms with Crippen molar-refractivity contribution in [3.8, 4) is 5.75 Å². The van der Waals surface area contributed by atoms with Crippen LogP contribution in [0.4, 0.5) is 26.2 Å². The third kappa shape index (κ3) is 4.85. The van der Waals surface area contributed by atoms with Gasteiger partial charge in [-0.15, -0.1) is 0 Å². The Morgan fingerprint density at radius 3 is 2.11 bits per heavy atom. The zero-order chi connectivity index (χ0) is 19.9. The monoisotopic (exact) mass is 379 g/mol. The topological polar surface area (TPSA) is 79.5 Å². The van der Waals surface area contributed by atoms with Gasteiger partial charge in [0.1, 0.15) is 11.6 Å². The van der Waals surface area contributed by atoms with Crippen molar-refractivity contribution in [1.29, 1.82) is 0 Å². The Labute approximate surface area is 161 Å². The fraction of sp³-hybridized carbons (Fsp3) is 0.0476. The first-order chi connectivity index (χ1) is 13.5. The van der Waals surface area contributed by atoms with Gasteiger partial charge in [-0.3, -0.25) is 4.79 Å². The second kappa shape index (κ2) is 8.68. The molecule has 0 radical (unpaired) electrons. The first-order valence-electron chi connectivity index (χ1n) is 8.43. The average Bonchev–Trinajstić information content (AvgIpc) is 2.70. The number of para-hydroxylation sites is 1. The van der Waals surface area contributed by atoms with E-state index in [1.54, 1.807) is 36.4 Å². The molecule has 0 aliphatic rings. The van der Waals surface area contributed by atoms with Crippen LogP contribution in [0, 0.1) is 5.82 Å². The molecule has 0 spiro atoms. The maximum Gasteiger partial charge on any atom is 0.323 e.